The Labute approximate surface area is 179 Å². The summed E-state index contributed by atoms with van der Waals surface area (Å²) >= 11 is 0. The summed E-state index contributed by atoms with van der Waals surface area (Å²) < 4.78 is 40.1. The van der Waals surface area contributed by atoms with E-state index in [1.807, 2.05) is 35.4 Å². The average molecular weight is 429 g/mol. The molecule has 0 bridgehead atoms. The highest BCUT2D eigenvalue weighted by atomic mass is 19.4. The van der Waals surface area contributed by atoms with Gasteiger partial charge in [-0.15, -0.1) is 0 Å². The van der Waals surface area contributed by atoms with Gasteiger partial charge in [-0.05, 0) is 29.8 Å². The number of fused-ring (bicyclic) bond motifs is 1. The van der Waals surface area contributed by atoms with E-state index in [-0.39, 0.29) is 12.3 Å². The van der Waals surface area contributed by atoms with Crippen molar-refractivity contribution in [3.63, 3.8) is 0 Å². The number of aromatic nitrogens is 1. The minimum absolute atomic E-state index is 0.0246. The van der Waals surface area contributed by atoms with Crippen molar-refractivity contribution >= 4 is 16.8 Å². The molecule has 1 aliphatic rings. The quantitative estimate of drug-likeness (QED) is 0.628. The second-order valence-electron chi connectivity index (χ2n) is 7.98. The van der Waals surface area contributed by atoms with E-state index < -0.39 is 17.7 Å². The lowest BCUT2D eigenvalue weighted by atomic mass is 9.87. The molecule has 1 amide bonds. The van der Waals surface area contributed by atoms with Gasteiger partial charge in [0, 0.05) is 55.6 Å². The van der Waals surface area contributed by atoms with Gasteiger partial charge < -0.3 is 14.8 Å². The Morgan fingerprint density at radius 2 is 1.81 bits per heavy atom. The summed E-state index contributed by atoms with van der Waals surface area (Å²) in [6.07, 6.45) is -2.48. The molecule has 7 heteroatoms. The number of piperazine rings is 1. The number of rotatable bonds is 5. The molecule has 2 heterocycles. The SMILES string of the molecule is CCN1CCN(C(=O)CC(c2cccc(C(F)(F)F)c2)c2c[nH]c3ccccc23)CC1. The number of amides is 1. The van der Waals surface area contributed by atoms with Crippen molar-refractivity contribution in [1.82, 2.24) is 14.8 Å². The maximum absolute atomic E-state index is 13.4. The highest BCUT2D eigenvalue weighted by Crippen LogP contribution is 2.37. The molecule has 1 aliphatic heterocycles. The van der Waals surface area contributed by atoms with E-state index >= 15 is 0 Å². The average Bonchev–Trinajstić information content (AvgIpc) is 3.21. The van der Waals surface area contributed by atoms with Crippen LogP contribution in [0.5, 0.6) is 0 Å². The van der Waals surface area contributed by atoms with E-state index in [4.69, 9.17) is 0 Å². The number of benzene rings is 2. The van der Waals surface area contributed by atoms with Crippen LogP contribution in [0.1, 0.15) is 36.0 Å². The summed E-state index contributed by atoms with van der Waals surface area (Å²) in [5.41, 5.74) is 1.55. The van der Waals surface area contributed by atoms with Gasteiger partial charge in [-0.25, -0.2) is 0 Å². The molecule has 1 saturated heterocycles. The summed E-state index contributed by atoms with van der Waals surface area (Å²) in [6, 6.07) is 13.0. The molecular formula is C24H26F3N3O. The third kappa shape index (κ3) is 4.61. The summed E-state index contributed by atoms with van der Waals surface area (Å²) in [7, 11) is 0. The first-order chi connectivity index (χ1) is 14.9. The highest BCUT2D eigenvalue weighted by molar-refractivity contribution is 5.86. The van der Waals surface area contributed by atoms with Gasteiger partial charge in [0.1, 0.15) is 0 Å². The molecule has 3 aromatic rings. The smallest absolute Gasteiger partial charge is 0.361 e. The third-order valence-corrected chi connectivity index (χ3v) is 6.16. The second kappa shape index (κ2) is 8.75. The maximum atomic E-state index is 13.4. The molecule has 1 aromatic heterocycles. The van der Waals surface area contributed by atoms with Gasteiger partial charge in [0.25, 0.3) is 0 Å². The molecule has 0 spiro atoms. The summed E-state index contributed by atoms with van der Waals surface area (Å²) in [6.45, 7) is 5.99. The van der Waals surface area contributed by atoms with Crippen molar-refractivity contribution in [2.45, 2.75) is 25.4 Å². The zero-order valence-electron chi connectivity index (χ0n) is 17.5. The molecular weight excluding hydrogens is 403 g/mol. The van der Waals surface area contributed by atoms with Crippen molar-refractivity contribution in [3.05, 3.63) is 71.4 Å². The highest BCUT2D eigenvalue weighted by Gasteiger charge is 2.32. The van der Waals surface area contributed by atoms with Gasteiger partial charge in [-0.1, -0.05) is 43.3 Å². The predicted molar refractivity (Wildman–Crippen MR) is 115 cm³/mol. The van der Waals surface area contributed by atoms with Crippen LogP contribution in [-0.4, -0.2) is 53.4 Å². The predicted octanol–water partition coefficient (Wildman–Crippen LogP) is 4.87. The Morgan fingerprint density at radius 1 is 1.06 bits per heavy atom. The van der Waals surface area contributed by atoms with Gasteiger partial charge in [0.2, 0.25) is 5.91 Å². The van der Waals surface area contributed by atoms with Crippen LogP contribution in [0.25, 0.3) is 10.9 Å². The number of hydrogen-bond acceptors (Lipinski definition) is 2. The van der Waals surface area contributed by atoms with Crippen LogP contribution in [0.2, 0.25) is 0 Å². The van der Waals surface area contributed by atoms with E-state index in [0.29, 0.717) is 18.7 Å². The van der Waals surface area contributed by atoms with Gasteiger partial charge in [0.15, 0.2) is 0 Å². The van der Waals surface area contributed by atoms with Crippen LogP contribution in [0.15, 0.2) is 54.7 Å². The number of carbonyl (C=O) groups excluding carboxylic acids is 1. The standard InChI is InChI=1S/C24H26F3N3O/c1-2-29-10-12-30(13-11-29)23(31)15-20(17-6-5-7-18(14-17)24(25,26)27)21-16-28-22-9-4-3-8-19(21)22/h3-9,14,16,20,28H,2,10-13,15H2,1H3. The minimum atomic E-state index is -4.43. The largest absolute Gasteiger partial charge is 0.416 e. The monoisotopic (exact) mass is 429 g/mol. The summed E-state index contributed by atoms with van der Waals surface area (Å²) in [4.78, 5) is 20.5. The number of aromatic amines is 1. The molecule has 1 N–H and O–H groups in total. The van der Waals surface area contributed by atoms with Crippen LogP contribution < -0.4 is 0 Å². The molecule has 4 nitrogen and oxygen atoms in total. The zero-order chi connectivity index (χ0) is 22.0. The van der Waals surface area contributed by atoms with Crippen molar-refractivity contribution in [2.24, 2.45) is 0 Å². The number of likely N-dealkylation sites (N-methyl/N-ethyl adjacent to an activating group) is 1. The molecule has 1 fully saturated rings. The number of halogens is 3. The molecule has 0 radical (unpaired) electrons. The topological polar surface area (TPSA) is 39.3 Å². The summed E-state index contributed by atoms with van der Waals surface area (Å²) in [5, 5.41) is 0.925. The molecule has 0 saturated carbocycles. The first kappa shape index (κ1) is 21.4. The number of alkyl halides is 3. The van der Waals surface area contributed by atoms with E-state index in [9.17, 15) is 18.0 Å². The Bertz CT molecular complexity index is 1050. The Kier molecular flexibility index (Phi) is 6.05. The number of nitrogens with one attached hydrogen (secondary N) is 1. The van der Waals surface area contributed by atoms with E-state index in [1.54, 1.807) is 6.07 Å². The Balaban J connectivity index is 1.68. The zero-order valence-corrected chi connectivity index (χ0v) is 17.5. The summed E-state index contributed by atoms with van der Waals surface area (Å²) in [5.74, 6) is -0.487. The normalized spacial score (nSPS) is 16.6. The number of H-pyrrole nitrogens is 1. The first-order valence-corrected chi connectivity index (χ1v) is 10.6. The number of nitrogens with zero attached hydrogens (tertiary/aromatic N) is 2. The Hall–Kier alpha value is -2.80. The van der Waals surface area contributed by atoms with E-state index in [0.717, 1.165) is 42.2 Å². The molecule has 1 atom stereocenters. The van der Waals surface area contributed by atoms with Gasteiger partial charge in [-0.3, -0.25) is 4.79 Å². The minimum Gasteiger partial charge on any atom is -0.361 e. The molecule has 1 unspecified atom stereocenters. The fraction of sp³-hybridized carbons (Fsp3) is 0.375. The lowest BCUT2D eigenvalue weighted by Gasteiger charge is -2.35. The second-order valence-corrected chi connectivity index (χ2v) is 7.98. The Morgan fingerprint density at radius 3 is 2.52 bits per heavy atom. The van der Waals surface area contributed by atoms with Crippen molar-refractivity contribution < 1.29 is 18.0 Å². The van der Waals surface area contributed by atoms with Gasteiger partial charge >= 0.3 is 6.18 Å². The van der Waals surface area contributed by atoms with E-state index in [1.165, 1.54) is 12.1 Å². The number of hydrogen-bond donors (Lipinski definition) is 1. The fourth-order valence-corrected chi connectivity index (χ4v) is 4.34. The number of para-hydroxylation sites is 1. The van der Waals surface area contributed by atoms with Crippen LogP contribution in [-0.2, 0) is 11.0 Å². The molecule has 164 valence electrons. The molecule has 2 aromatic carbocycles. The van der Waals surface area contributed by atoms with Gasteiger partial charge in [-0.2, -0.15) is 13.2 Å². The lowest BCUT2D eigenvalue weighted by molar-refractivity contribution is -0.137. The fourth-order valence-electron chi connectivity index (χ4n) is 4.34. The van der Waals surface area contributed by atoms with E-state index in [2.05, 4.69) is 16.8 Å². The number of carbonyl (C=O) groups is 1. The molecule has 0 aliphatic carbocycles. The first-order valence-electron chi connectivity index (χ1n) is 10.6. The van der Waals surface area contributed by atoms with Crippen molar-refractivity contribution in [1.29, 1.82) is 0 Å². The van der Waals surface area contributed by atoms with Crippen LogP contribution in [0.4, 0.5) is 13.2 Å². The van der Waals surface area contributed by atoms with Crippen LogP contribution in [0, 0.1) is 0 Å². The van der Waals surface area contributed by atoms with Gasteiger partial charge in [0.05, 0.1) is 5.56 Å². The van der Waals surface area contributed by atoms with Crippen LogP contribution >= 0.6 is 0 Å². The molecule has 4 rings (SSSR count). The van der Waals surface area contributed by atoms with Crippen molar-refractivity contribution in [2.75, 3.05) is 32.7 Å². The molecule has 31 heavy (non-hydrogen) atoms. The van der Waals surface area contributed by atoms with Crippen LogP contribution in [0.3, 0.4) is 0 Å². The maximum Gasteiger partial charge on any atom is 0.416 e. The van der Waals surface area contributed by atoms with Crippen molar-refractivity contribution in [3.8, 4) is 0 Å². The third-order valence-electron chi connectivity index (χ3n) is 6.16. The lowest BCUT2D eigenvalue weighted by Crippen LogP contribution is -2.48.